The molecule has 7 heteroatoms. The molecule has 7 nitrogen and oxygen atoms in total. The molecule has 0 spiro atoms. The molecule has 31 heavy (non-hydrogen) atoms. The molecule has 4 aromatic rings. The summed E-state index contributed by atoms with van der Waals surface area (Å²) < 4.78 is 16.4. The van der Waals surface area contributed by atoms with E-state index in [-0.39, 0.29) is 6.61 Å². The molecule has 0 aliphatic rings. The second kappa shape index (κ2) is 10.2. The number of rotatable bonds is 9. The van der Waals surface area contributed by atoms with Crippen molar-refractivity contribution in [3.05, 3.63) is 96.1 Å². The van der Waals surface area contributed by atoms with Crippen LogP contribution in [0.1, 0.15) is 28.2 Å². The monoisotopic (exact) mass is 415 g/mol. The maximum absolute atomic E-state index is 12.3. The van der Waals surface area contributed by atoms with Crippen LogP contribution in [-0.2, 0) is 17.8 Å². The van der Waals surface area contributed by atoms with Gasteiger partial charge in [-0.25, -0.2) is 4.79 Å². The zero-order valence-electron chi connectivity index (χ0n) is 16.8. The standard InChI is InChI=1S/C24H21N3O4/c28-24(19-9-4-11-21(15-19)30-17-18-7-2-1-3-8-18)29-14-6-12-22-26-23(27-31-22)20-10-5-13-25-16-20/h1-5,7-11,13,15-16H,6,12,14,17H2. The van der Waals surface area contributed by atoms with Crippen molar-refractivity contribution in [1.29, 1.82) is 0 Å². The Kier molecular flexibility index (Phi) is 6.64. The van der Waals surface area contributed by atoms with E-state index in [4.69, 9.17) is 14.0 Å². The van der Waals surface area contributed by atoms with Crippen LogP contribution in [0.25, 0.3) is 11.4 Å². The van der Waals surface area contributed by atoms with Gasteiger partial charge in [-0.15, -0.1) is 0 Å². The molecular weight excluding hydrogens is 394 g/mol. The molecule has 0 N–H and O–H groups in total. The molecule has 0 radical (unpaired) electrons. The summed E-state index contributed by atoms with van der Waals surface area (Å²) in [5.74, 6) is 1.21. The van der Waals surface area contributed by atoms with Gasteiger partial charge < -0.3 is 14.0 Å². The van der Waals surface area contributed by atoms with Crippen LogP contribution in [0.5, 0.6) is 5.75 Å². The second-order valence-corrected chi connectivity index (χ2v) is 6.80. The molecule has 2 aromatic heterocycles. The molecule has 2 heterocycles. The van der Waals surface area contributed by atoms with Crippen LogP contribution < -0.4 is 4.74 Å². The third-order valence-electron chi connectivity index (χ3n) is 4.47. The Hall–Kier alpha value is -4.00. The fourth-order valence-electron chi connectivity index (χ4n) is 2.89. The van der Waals surface area contributed by atoms with Crippen LogP contribution >= 0.6 is 0 Å². The minimum absolute atomic E-state index is 0.249. The van der Waals surface area contributed by atoms with Crippen LogP contribution in [0.15, 0.2) is 83.6 Å². The van der Waals surface area contributed by atoms with Gasteiger partial charge in [0.1, 0.15) is 12.4 Å². The number of benzene rings is 2. The van der Waals surface area contributed by atoms with E-state index in [1.807, 2.05) is 48.5 Å². The Balaban J connectivity index is 1.23. The summed E-state index contributed by atoms with van der Waals surface area (Å²) in [7, 11) is 0. The van der Waals surface area contributed by atoms with Crippen molar-refractivity contribution < 1.29 is 18.8 Å². The van der Waals surface area contributed by atoms with Gasteiger partial charge in [0.2, 0.25) is 11.7 Å². The number of esters is 1. The number of hydrogen-bond donors (Lipinski definition) is 0. The van der Waals surface area contributed by atoms with Gasteiger partial charge in [0.05, 0.1) is 12.2 Å². The van der Waals surface area contributed by atoms with E-state index in [1.165, 1.54) is 0 Å². The molecule has 0 saturated carbocycles. The SMILES string of the molecule is O=C(OCCCc1nc(-c2cccnc2)no1)c1cccc(OCc2ccccc2)c1. The average Bonchev–Trinajstić information content (AvgIpc) is 3.31. The van der Waals surface area contributed by atoms with Gasteiger partial charge in [0.15, 0.2) is 0 Å². The Morgan fingerprint density at radius 1 is 1.00 bits per heavy atom. The summed E-state index contributed by atoms with van der Waals surface area (Å²) in [5.41, 5.74) is 2.30. The number of ether oxygens (including phenoxy) is 2. The molecule has 2 aromatic carbocycles. The summed E-state index contributed by atoms with van der Waals surface area (Å²) in [6, 6.07) is 20.5. The van der Waals surface area contributed by atoms with E-state index < -0.39 is 5.97 Å². The van der Waals surface area contributed by atoms with E-state index in [9.17, 15) is 4.79 Å². The van der Waals surface area contributed by atoms with Crippen molar-refractivity contribution in [1.82, 2.24) is 15.1 Å². The first-order valence-corrected chi connectivity index (χ1v) is 9.95. The first-order chi connectivity index (χ1) is 15.3. The summed E-state index contributed by atoms with van der Waals surface area (Å²) in [5, 5.41) is 3.95. The topological polar surface area (TPSA) is 87.3 Å². The molecule has 4 rings (SSSR count). The number of nitrogens with zero attached hydrogens (tertiary/aromatic N) is 3. The molecule has 0 aliphatic carbocycles. The Morgan fingerprint density at radius 3 is 2.74 bits per heavy atom. The van der Waals surface area contributed by atoms with E-state index >= 15 is 0 Å². The predicted molar refractivity (Wildman–Crippen MR) is 113 cm³/mol. The Labute approximate surface area is 179 Å². The Morgan fingerprint density at radius 2 is 1.90 bits per heavy atom. The minimum atomic E-state index is -0.397. The highest BCUT2D eigenvalue weighted by Gasteiger charge is 2.11. The van der Waals surface area contributed by atoms with Crippen LogP contribution in [0, 0.1) is 0 Å². The Bertz CT molecular complexity index is 1110. The number of aryl methyl sites for hydroxylation is 1. The van der Waals surface area contributed by atoms with E-state index in [2.05, 4.69) is 15.1 Å². The van der Waals surface area contributed by atoms with E-state index in [0.717, 1.165) is 11.1 Å². The average molecular weight is 415 g/mol. The van der Waals surface area contributed by atoms with Crippen molar-refractivity contribution in [2.75, 3.05) is 6.61 Å². The van der Waals surface area contributed by atoms with Gasteiger partial charge in [0, 0.05) is 24.4 Å². The van der Waals surface area contributed by atoms with Crippen molar-refractivity contribution >= 4 is 5.97 Å². The van der Waals surface area contributed by atoms with Gasteiger partial charge in [-0.2, -0.15) is 4.98 Å². The highest BCUT2D eigenvalue weighted by atomic mass is 16.5. The molecule has 0 bridgehead atoms. The lowest BCUT2D eigenvalue weighted by Gasteiger charge is -2.08. The van der Waals surface area contributed by atoms with E-state index in [0.29, 0.717) is 42.5 Å². The lowest BCUT2D eigenvalue weighted by molar-refractivity contribution is 0.0498. The quantitative estimate of drug-likeness (QED) is 0.294. The summed E-state index contributed by atoms with van der Waals surface area (Å²) in [6.07, 6.45) is 4.45. The maximum atomic E-state index is 12.3. The molecule has 0 aliphatic heterocycles. The molecule has 0 unspecified atom stereocenters. The van der Waals surface area contributed by atoms with Gasteiger partial charge in [-0.3, -0.25) is 4.98 Å². The number of aromatic nitrogens is 3. The van der Waals surface area contributed by atoms with Crippen molar-refractivity contribution in [2.45, 2.75) is 19.4 Å². The van der Waals surface area contributed by atoms with Crippen LogP contribution in [0.2, 0.25) is 0 Å². The largest absolute Gasteiger partial charge is 0.489 e. The smallest absolute Gasteiger partial charge is 0.338 e. The van der Waals surface area contributed by atoms with Gasteiger partial charge >= 0.3 is 5.97 Å². The number of carbonyl (C=O) groups is 1. The van der Waals surface area contributed by atoms with Gasteiger partial charge in [-0.05, 0) is 42.3 Å². The fourth-order valence-corrected chi connectivity index (χ4v) is 2.89. The van der Waals surface area contributed by atoms with Gasteiger partial charge in [0.25, 0.3) is 0 Å². The normalized spacial score (nSPS) is 10.6. The summed E-state index contributed by atoms with van der Waals surface area (Å²) >= 11 is 0. The molecule has 156 valence electrons. The summed E-state index contributed by atoms with van der Waals surface area (Å²) in [6.45, 7) is 0.684. The van der Waals surface area contributed by atoms with Crippen LogP contribution in [0.3, 0.4) is 0 Å². The molecular formula is C24H21N3O4. The fraction of sp³-hybridized carbons (Fsp3) is 0.167. The third kappa shape index (κ3) is 5.76. The van der Waals surface area contributed by atoms with E-state index in [1.54, 1.807) is 30.6 Å². The van der Waals surface area contributed by atoms with Gasteiger partial charge in [-0.1, -0.05) is 41.6 Å². The lowest BCUT2D eigenvalue weighted by atomic mass is 10.2. The molecule has 0 fully saturated rings. The van der Waals surface area contributed by atoms with Crippen molar-refractivity contribution in [3.8, 4) is 17.1 Å². The van der Waals surface area contributed by atoms with Crippen molar-refractivity contribution in [2.24, 2.45) is 0 Å². The number of carbonyl (C=O) groups excluding carboxylic acids is 1. The lowest BCUT2D eigenvalue weighted by Crippen LogP contribution is -2.07. The first-order valence-electron chi connectivity index (χ1n) is 9.95. The van der Waals surface area contributed by atoms with Crippen LogP contribution in [-0.4, -0.2) is 27.7 Å². The minimum Gasteiger partial charge on any atom is -0.489 e. The molecule has 0 amide bonds. The van der Waals surface area contributed by atoms with Crippen LogP contribution in [0.4, 0.5) is 0 Å². The zero-order chi connectivity index (χ0) is 21.3. The third-order valence-corrected chi connectivity index (χ3v) is 4.47. The highest BCUT2D eigenvalue weighted by Crippen LogP contribution is 2.17. The predicted octanol–water partition coefficient (Wildman–Crippen LogP) is 4.50. The number of hydrogen-bond acceptors (Lipinski definition) is 7. The molecule has 0 atom stereocenters. The van der Waals surface area contributed by atoms with Crippen molar-refractivity contribution in [3.63, 3.8) is 0 Å². The first kappa shape index (κ1) is 20.3. The highest BCUT2D eigenvalue weighted by molar-refractivity contribution is 5.89. The summed E-state index contributed by atoms with van der Waals surface area (Å²) in [4.78, 5) is 20.7. The maximum Gasteiger partial charge on any atom is 0.338 e. The number of pyridine rings is 1. The second-order valence-electron chi connectivity index (χ2n) is 6.80. The molecule has 0 saturated heterocycles. The zero-order valence-corrected chi connectivity index (χ0v) is 16.8.